The average molecular weight is 193 g/mol. The monoisotopic (exact) mass is 193 g/mol. The number of ketones is 1. The second-order valence-corrected chi connectivity index (χ2v) is 5.11. The lowest BCUT2D eigenvalue weighted by Gasteiger charge is -2.53. The van der Waals surface area contributed by atoms with E-state index in [1.165, 1.54) is 0 Å². The Hall–Kier alpha value is -0.860. The van der Waals surface area contributed by atoms with E-state index in [0.29, 0.717) is 11.7 Å². The minimum absolute atomic E-state index is 0.176. The molecule has 2 atom stereocenters. The highest BCUT2D eigenvalue weighted by Gasteiger charge is 2.56. The molecule has 14 heavy (non-hydrogen) atoms. The molecule has 3 heteroatoms. The lowest BCUT2D eigenvalue weighted by atomic mass is 9.53. The predicted molar refractivity (Wildman–Crippen MR) is 48.1 cm³/mol. The van der Waals surface area contributed by atoms with Crippen LogP contribution in [0.3, 0.4) is 0 Å². The lowest BCUT2D eigenvalue weighted by molar-refractivity contribution is -0.158. The Morgan fingerprint density at radius 2 is 1.86 bits per heavy atom. The van der Waals surface area contributed by atoms with Crippen LogP contribution < -0.4 is 0 Å². The van der Waals surface area contributed by atoms with E-state index in [1.54, 1.807) is 6.47 Å². The van der Waals surface area contributed by atoms with Gasteiger partial charge in [-0.05, 0) is 38.0 Å². The van der Waals surface area contributed by atoms with Gasteiger partial charge in [-0.15, -0.1) is 0 Å². The molecule has 4 aliphatic carbocycles. The third-order valence-corrected chi connectivity index (χ3v) is 4.20. The third-order valence-electron chi connectivity index (χ3n) is 4.20. The summed E-state index contributed by atoms with van der Waals surface area (Å²) in [5.41, 5.74) is -0.313. The molecule has 0 amide bonds. The van der Waals surface area contributed by atoms with Crippen LogP contribution in [-0.2, 0) is 14.3 Å². The van der Waals surface area contributed by atoms with E-state index in [1.807, 2.05) is 0 Å². The minimum Gasteiger partial charge on any atom is -0.451 e. The van der Waals surface area contributed by atoms with Gasteiger partial charge in [0, 0.05) is 11.8 Å². The molecule has 4 aliphatic rings. The van der Waals surface area contributed by atoms with Crippen molar-refractivity contribution in [3.05, 3.63) is 0 Å². The van der Waals surface area contributed by atoms with Gasteiger partial charge in [-0.1, -0.05) is 0 Å². The molecule has 3 nitrogen and oxygen atoms in total. The first kappa shape index (κ1) is 8.45. The molecule has 4 saturated carbocycles. The number of Topliss-reactive ketones (excluding diaryl/α,β-unsaturated/α-hetero) is 1. The molecule has 0 saturated heterocycles. The minimum atomic E-state index is -0.313. The summed E-state index contributed by atoms with van der Waals surface area (Å²) >= 11 is 0. The van der Waals surface area contributed by atoms with Gasteiger partial charge in [0.1, 0.15) is 11.4 Å². The van der Waals surface area contributed by atoms with Crippen LogP contribution in [-0.4, -0.2) is 17.9 Å². The topological polar surface area (TPSA) is 43.4 Å². The SMILES string of the molecule is O=[C]OC12CC3CC(C1)C(=O)C(C3)C2. The van der Waals surface area contributed by atoms with Crippen molar-refractivity contribution in [1.82, 2.24) is 0 Å². The van der Waals surface area contributed by atoms with Gasteiger partial charge in [-0.2, -0.15) is 0 Å². The fourth-order valence-corrected chi connectivity index (χ4v) is 3.89. The highest BCUT2D eigenvalue weighted by Crippen LogP contribution is 2.55. The Morgan fingerprint density at radius 3 is 2.43 bits per heavy atom. The normalized spacial score (nSPS) is 49.4. The van der Waals surface area contributed by atoms with Gasteiger partial charge in [-0.3, -0.25) is 4.79 Å². The Bertz CT molecular complexity index is 279. The summed E-state index contributed by atoms with van der Waals surface area (Å²) in [5.74, 6) is 1.38. The van der Waals surface area contributed by atoms with Gasteiger partial charge in [0.2, 0.25) is 0 Å². The first-order valence-corrected chi connectivity index (χ1v) is 5.31. The summed E-state index contributed by atoms with van der Waals surface area (Å²) in [6.07, 6.45) is 4.53. The molecule has 0 heterocycles. The van der Waals surface area contributed by atoms with Crippen LogP contribution in [0.5, 0.6) is 0 Å². The van der Waals surface area contributed by atoms with Crippen molar-refractivity contribution in [1.29, 1.82) is 0 Å². The molecule has 0 aromatic rings. The summed E-state index contributed by atoms with van der Waals surface area (Å²) in [7, 11) is 0. The van der Waals surface area contributed by atoms with Crippen molar-refractivity contribution in [3.8, 4) is 0 Å². The molecule has 4 fully saturated rings. The van der Waals surface area contributed by atoms with Crippen LogP contribution in [0.25, 0.3) is 0 Å². The molecule has 0 spiro atoms. The summed E-state index contributed by atoms with van der Waals surface area (Å²) < 4.78 is 5.13. The van der Waals surface area contributed by atoms with Gasteiger partial charge >= 0.3 is 6.47 Å². The first-order valence-electron chi connectivity index (χ1n) is 5.31. The van der Waals surface area contributed by atoms with Crippen LogP contribution in [0.2, 0.25) is 0 Å². The molecule has 4 rings (SSSR count). The zero-order chi connectivity index (χ0) is 9.76. The average Bonchev–Trinajstić information content (AvgIpc) is 2.12. The molecule has 75 valence electrons. The number of carbonyl (C=O) groups is 1. The molecular formula is C11H13O3. The first-order chi connectivity index (χ1) is 6.72. The number of carbonyl (C=O) groups excluding carboxylic acids is 2. The van der Waals surface area contributed by atoms with Crippen LogP contribution >= 0.6 is 0 Å². The fraction of sp³-hybridized carbons (Fsp3) is 0.818. The molecule has 0 aromatic carbocycles. The second kappa shape index (κ2) is 2.59. The Morgan fingerprint density at radius 1 is 1.21 bits per heavy atom. The predicted octanol–water partition coefficient (Wildman–Crippen LogP) is 1.22. The van der Waals surface area contributed by atoms with Crippen molar-refractivity contribution < 1.29 is 14.3 Å². The van der Waals surface area contributed by atoms with Gasteiger partial charge in [0.25, 0.3) is 0 Å². The summed E-state index contributed by atoms with van der Waals surface area (Å²) in [6.45, 7) is 1.58. The maximum Gasteiger partial charge on any atom is 0.418 e. The van der Waals surface area contributed by atoms with Crippen LogP contribution in [0.15, 0.2) is 0 Å². The van der Waals surface area contributed by atoms with Gasteiger partial charge in [0.05, 0.1) is 0 Å². The van der Waals surface area contributed by atoms with E-state index >= 15 is 0 Å². The molecule has 0 aromatic heterocycles. The molecule has 2 unspecified atom stereocenters. The maximum atomic E-state index is 11.8. The molecule has 1 radical (unpaired) electrons. The van der Waals surface area contributed by atoms with Crippen molar-refractivity contribution >= 4 is 12.3 Å². The Kier molecular flexibility index (Phi) is 1.56. The Balaban J connectivity index is 1.92. The van der Waals surface area contributed by atoms with E-state index in [2.05, 4.69) is 0 Å². The summed E-state index contributed by atoms with van der Waals surface area (Å²) in [4.78, 5) is 22.1. The number of hydrogen-bond donors (Lipinski definition) is 0. The summed E-state index contributed by atoms with van der Waals surface area (Å²) in [5, 5.41) is 0. The Labute approximate surface area is 82.8 Å². The third kappa shape index (κ3) is 0.983. The van der Waals surface area contributed by atoms with E-state index in [-0.39, 0.29) is 17.4 Å². The van der Waals surface area contributed by atoms with Crippen LogP contribution in [0, 0.1) is 17.8 Å². The van der Waals surface area contributed by atoms with Gasteiger partial charge in [0.15, 0.2) is 0 Å². The lowest BCUT2D eigenvalue weighted by Crippen LogP contribution is -2.56. The van der Waals surface area contributed by atoms with Crippen LogP contribution in [0.4, 0.5) is 0 Å². The quantitative estimate of drug-likeness (QED) is 0.662. The molecule has 4 bridgehead atoms. The second-order valence-electron chi connectivity index (χ2n) is 5.11. The van der Waals surface area contributed by atoms with Crippen molar-refractivity contribution in [3.63, 3.8) is 0 Å². The van der Waals surface area contributed by atoms with Gasteiger partial charge in [-0.25, -0.2) is 4.79 Å². The largest absolute Gasteiger partial charge is 0.451 e. The van der Waals surface area contributed by atoms with E-state index in [4.69, 9.17) is 4.74 Å². The number of rotatable bonds is 2. The molecule has 0 N–H and O–H groups in total. The van der Waals surface area contributed by atoms with Crippen molar-refractivity contribution in [2.45, 2.75) is 37.7 Å². The number of ether oxygens (including phenoxy) is 1. The zero-order valence-electron chi connectivity index (χ0n) is 7.99. The van der Waals surface area contributed by atoms with Crippen molar-refractivity contribution in [2.75, 3.05) is 0 Å². The summed E-state index contributed by atoms with van der Waals surface area (Å²) in [6, 6.07) is 0. The zero-order valence-corrected chi connectivity index (χ0v) is 7.99. The van der Waals surface area contributed by atoms with E-state index in [0.717, 1.165) is 32.1 Å². The highest BCUT2D eigenvalue weighted by atomic mass is 16.5. The molecule has 0 aliphatic heterocycles. The van der Waals surface area contributed by atoms with Gasteiger partial charge < -0.3 is 4.74 Å². The van der Waals surface area contributed by atoms with Crippen LogP contribution in [0.1, 0.15) is 32.1 Å². The van der Waals surface area contributed by atoms with E-state index < -0.39 is 0 Å². The van der Waals surface area contributed by atoms with E-state index in [9.17, 15) is 9.59 Å². The maximum absolute atomic E-state index is 11.8. The molecular weight excluding hydrogens is 180 g/mol. The number of hydrogen-bond acceptors (Lipinski definition) is 3. The highest BCUT2D eigenvalue weighted by molar-refractivity contribution is 5.86. The standard InChI is InChI=1S/C11H13O3/c12-6-14-11-3-7-1-8(4-11)10(13)9(2-7)5-11/h7-9H,1-5H2. The van der Waals surface area contributed by atoms with Crippen molar-refractivity contribution in [2.24, 2.45) is 17.8 Å². The smallest absolute Gasteiger partial charge is 0.418 e. The fourth-order valence-electron chi connectivity index (χ4n) is 3.89.